The van der Waals surface area contributed by atoms with Crippen LogP contribution in [-0.4, -0.2) is 21.6 Å². The Morgan fingerprint density at radius 1 is 1.16 bits per heavy atom. The first-order chi connectivity index (χ1) is 12.0. The summed E-state index contributed by atoms with van der Waals surface area (Å²) in [6.07, 6.45) is -0.110. The number of rotatable bonds is 5. The fourth-order valence-corrected chi connectivity index (χ4v) is 2.49. The number of nitrogens with zero attached hydrogens (tertiary/aromatic N) is 2. The summed E-state index contributed by atoms with van der Waals surface area (Å²) in [5.74, 6) is -1.61. The number of non-ortho nitro benzene ring substituents is 1. The lowest BCUT2D eigenvalue weighted by molar-refractivity contribution is -0.383. The van der Waals surface area contributed by atoms with Gasteiger partial charge in [0.25, 0.3) is 5.69 Å². The molecular formula is C17H12F2N2O4. The number of aliphatic hydroxyl groups is 1. The van der Waals surface area contributed by atoms with Crippen molar-refractivity contribution in [2.45, 2.75) is 6.10 Å². The number of nitro groups is 1. The van der Waals surface area contributed by atoms with E-state index in [1.54, 1.807) is 6.07 Å². The maximum atomic E-state index is 13.7. The van der Waals surface area contributed by atoms with Gasteiger partial charge >= 0.3 is 0 Å². The Labute approximate surface area is 140 Å². The molecule has 0 aliphatic heterocycles. The number of pyridine rings is 1. The van der Waals surface area contributed by atoms with Crippen molar-refractivity contribution in [3.8, 4) is 5.75 Å². The Morgan fingerprint density at radius 3 is 2.56 bits per heavy atom. The smallest absolute Gasteiger partial charge is 0.279 e. The number of benzene rings is 2. The molecule has 0 spiro atoms. The van der Waals surface area contributed by atoms with Crippen molar-refractivity contribution in [3.63, 3.8) is 0 Å². The van der Waals surface area contributed by atoms with Crippen LogP contribution in [0, 0.1) is 21.7 Å². The molecule has 0 saturated carbocycles. The van der Waals surface area contributed by atoms with Gasteiger partial charge in [0, 0.05) is 12.3 Å². The van der Waals surface area contributed by atoms with Crippen LogP contribution in [0.2, 0.25) is 0 Å². The van der Waals surface area contributed by atoms with Crippen LogP contribution in [0.15, 0.2) is 48.7 Å². The Kier molecular flexibility index (Phi) is 4.53. The molecule has 3 rings (SSSR count). The van der Waals surface area contributed by atoms with Gasteiger partial charge in [-0.2, -0.15) is 0 Å². The molecule has 1 N–H and O–H groups in total. The van der Waals surface area contributed by atoms with E-state index < -0.39 is 34.8 Å². The summed E-state index contributed by atoms with van der Waals surface area (Å²) in [5.41, 5.74) is -0.421. The molecule has 0 aliphatic carbocycles. The van der Waals surface area contributed by atoms with Crippen molar-refractivity contribution in [1.82, 2.24) is 4.98 Å². The van der Waals surface area contributed by atoms with Crippen molar-refractivity contribution < 1.29 is 23.5 Å². The molecule has 2 aromatic carbocycles. The van der Waals surface area contributed by atoms with Gasteiger partial charge in [-0.25, -0.2) is 8.78 Å². The molecule has 1 aromatic heterocycles. The molecule has 8 heteroatoms. The molecule has 1 unspecified atom stereocenters. The third kappa shape index (κ3) is 3.24. The van der Waals surface area contributed by atoms with Crippen LogP contribution in [0.3, 0.4) is 0 Å². The second kappa shape index (κ2) is 6.78. The van der Waals surface area contributed by atoms with Crippen molar-refractivity contribution in [2.24, 2.45) is 0 Å². The maximum Gasteiger partial charge on any atom is 0.279 e. The molecule has 0 fully saturated rings. The number of hydrogen-bond donors (Lipinski definition) is 1. The average molecular weight is 346 g/mol. The molecule has 1 atom stereocenters. The first kappa shape index (κ1) is 16.7. The second-order valence-corrected chi connectivity index (χ2v) is 5.20. The Morgan fingerprint density at radius 2 is 1.88 bits per heavy atom. The van der Waals surface area contributed by atoms with Crippen molar-refractivity contribution in [3.05, 3.63) is 76.0 Å². The van der Waals surface area contributed by atoms with E-state index >= 15 is 0 Å². The van der Waals surface area contributed by atoms with Crippen LogP contribution in [-0.2, 0) is 0 Å². The predicted molar refractivity (Wildman–Crippen MR) is 85.2 cm³/mol. The van der Waals surface area contributed by atoms with Gasteiger partial charge in [-0.1, -0.05) is 6.07 Å². The number of nitro benzene ring substituents is 1. The molecular weight excluding hydrogens is 334 g/mol. The third-order valence-corrected chi connectivity index (χ3v) is 3.64. The molecule has 6 nitrogen and oxygen atoms in total. The Balaban J connectivity index is 1.89. The number of halogens is 2. The highest BCUT2D eigenvalue weighted by Gasteiger charge is 2.20. The van der Waals surface area contributed by atoms with E-state index in [0.29, 0.717) is 0 Å². The van der Waals surface area contributed by atoms with Crippen molar-refractivity contribution in [2.75, 3.05) is 6.61 Å². The van der Waals surface area contributed by atoms with Gasteiger partial charge in [-0.15, -0.1) is 0 Å². The average Bonchev–Trinajstić information content (AvgIpc) is 2.59. The number of aliphatic hydroxyl groups excluding tert-OH is 1. The summed E-state index contributed by atoms with van der Waals surface area (Å²) in [5, 5.41) is 21.4. The largest absolute Gasteiger partial charge is 0.488 e. The second-order valence-electron chi connectivity index (χ2n) is 5.20. The van der Waals surface area contributed by atoms with Gasteiger partial charge in [-0.3, -0.25) is 15.1 Å². The van der Waals surface area contributed by atoms with Gasteiger partial charge in [0.2, 0.25) is 0 Å². The number of aromatic nitrogens is 1. The molecule has 3 aromatic rings. The summed E-state index contributed by atoms with van der Waals surface area (Å²) in [7, 11) is 0. The molecule has 0 amide bonds. The fourth-order valence-electron chi connectivity index (χ4n) is 2.49. The molecule has 25 heavy (non-hydrogen) atoms. The molecule has 0 radical (unpaired) electrons. The van der Waals surface area contributed by atoms with Gasteiger partial charge in [0.15, 0.2) is 0 Å². The zero-order valence-electron chi connectivity index (χ0n) is 12.7. The normalized spacial score (nSPS) is 12.1. The minimum absolute atomic E-state index is 0.142. The van der Waals surface area contributed by atoms with Crippen LogP contribution in [0.5, 0.6) is 5.75 Å². The summed E-state index contributed by atoms with van der Waals surface area (Å²) in [4.78, 5) is 14.6. The zero-order valence-corrected chi connectivity index (χ0v) is 12.7. The van der Waals surface area contributed by atoms with E-state index in [1.165, 1.54) is 30.5 Å². The van der Waals surface area contributed by atoms with E-state index in [0.717, 1.165) is 12.1 Å². The van der Waals surface area contributed by atoms with E-state index in [1.807, 2.05) is 0 Å². The number of hydrogen-bond acceptors (Lipinski definition) is 5. The monoisotopic (exact) mass is 346 g/mol. The van der Waals surface area contributed by atoms with Crippen LogP contribution in [0.4, 0.5) is 14.5 Å². The Bertz CT molecular complexity index is 929. The van der Waals surface area contributed by atoms with E-state index in [-0.39, 0.29) is 22.3 Å². The zero-order chi connectivity index (χ0) is 18.0. The lowest BCUT2D eigenvalue weighted by Crippen LogP contribution is -2.13. The highest BCUT2D eigenvalue weighted by molar-refractivity contribution is 5.92. The lowest BCUT2D eigenvalue weighted by Gasteiger charge is -2.15. The SMILES string of the molecule is O=[N+]([O-])c1ccc(OCC(O)c2c(F)cccc2F)c2ncccc12. The fraction of sp³-hybridized carbons (Fsp3) is 0.118. The first-order valence-electron chi connectivity index (χ1n) is 7.26. The van der Waals surface area contributed by atoms with E-state index in [4.69, 9.17) is 4.74 Å². The molecule has 128 valence electrons. The predicted octanol–water partition coefficient (Wildman–Crippen LogP) is 3.53. The molecule has 1 heterocycles. The summed E-state index contributed by atoms with van der Waals surface area (Å²) >= 11 is 0. The van der Waals surface area contributed by atoms with E-state index in [2.05, 4.69) is 4.98 Å². The van der Waals surface area contributed by atoms with Crippen LogP contribution >= 0.6 is 0 Å². The summed E-state index contributed by atoms with van der Waals surface area (Å²) in [6, 6.07) is 8.89. The van der Waals surface area contributed by atoms with Gasteiger partial charge in [0.05, 0.1) is 15.9 Å². The quantitative estimate of drug-likeness (QED) is 0.564. The molecule has 0 bridgehead atoms. The number of fused-ring (bicyclic) bond motifs is 1. The maximum absolute atomic E-state index is 13.7. The minimum atomic E-state index is -1.55. The third-order valence-electron chi connectivity index (χ3n) is 3.64. The van der Waals surface area contributed by atoms with Gasteiger partial charge in [-0.05, 0) is 30.3 Å². The van der Waals surface area contributed by atoms with Crippen LogP contribution in [0.1, 0.15) is 11.7 Å². The van der Waals surface area contributed by atoms with Crippen molar-refractivity contribution in [1.29, 1.82) is 0 Å². The van der Waals surface area contributed by atoms with Crippen molar-refractivity contribution >= 4 is 16.6 Å². The van der Waals surface area contributed by atoms with Crippen LogP contribution < -0.4 is 4.74 Å². The Hall–Kier alpha value is -3.13. The summed E-state index contributed by atoms with van der Waals surface area (Å²) in [6.45, 7) is -0.443. The lowest BCUT2D eigenvalue weighted by atomic mass is 10.1. The number of ether oxygens (including phenoxy) is 1. The van der Waals surface area contributed by atoms with Gasteiger partial charge < -0.3 is 9.84 Å². The molecule has 0 aliphatic rings. The highest BCUT2D eigenvalue weighted by Crippen LogP contribution is 2.32. The standard InChI is InChI=1S/C17H12F2N2O4/c18-11-4-1-5-12(19)16(11)14(22)9-25-15-7-6-13(21(23)24)10-3-2-8-20-17(10)15/h1-8,14,22H,9H2. The summed E-state index contributed by atoms with van der Waals surface area (Å²) < 4.78 is 32.8. The van der Waals surface area contributed by atoms with Crippen LogP contribution in [0.25, 0.3) is 10.9 Å². The first-order valence-corrected chi connectivity index (χ1v) is 7.26. The molecule has 0 saturated heterocycles. The van der Waals surface area contributed by atoms with Gasteiger partial charge in [0.1, 0.15) is 35.6 Å². The van der Waals surface area contributed by atoms with E-state index in [9.17, 15) is 24.0 Å². The minimum Gasteiger partial charge on any atom is -0.488 e. The topological polar surface area (TPSA) is 85.5 Å². The highest BCUT2D eigenvalue weighted by atomic mass is 19.1.